The number of ether oxygens (including phenoxy) is 2. The molecule has 88 valence electrons. The number of nitrogens with two attached hydrogens (primary N) is 1. The lowest BCUT2D eigenvalue weighted by molar-refractivity contribution is -0.142. The number of esters is 1. The van der Waals surface area contributed by atoms with Gasteiger partial charge in [-0.2, -0.15) is 0 Å². The zero-order chi connectivity index (χ0) is 12.1. The van der Waals surface area contributed by atoms with Gasteiger partial charge in [0, 0.05) is 6.07 Å². The van der Waals surface area contributed by atoms with Crippen molar-refractivity contribution < 1.29 is 23.0 Å². The summed E-state index contributed by atoms with van der Waals surface area (Å²) in [6.07, 6.45) is 0. The predicted molar refractivity (Wildman–Crippen MR) is 51.8 cm³/mol. The molecule has 0 spiro atoms. The van der Waals surface area contributed by atoms with Gasteiger partial charge in [0.2, 0.25) is 0 Å². The van der Waals surface area contributed by atoms with Crippen LogP contribution < -0.4 is 10.5 Å². The van der Waals surface area contributed by atoms with Crippen LogP contribution in [-0.2, 0) is 9.53 Å². The van der Waals surface area contributed by atoms with Crippen molar-refractivity contribution in [3.05, 3.63) is 29.8 Å². The van der Waals surface area contributed by atoms with Crippen molar-refractivity contribution >= 4 is 5.97 Å². The van der Waals surface area contributed by atoms with Crippen LogP contribution in [0.2, 0.25) is 0 Å². The Morgan fingerprint density at radius 2 is 2.19 bits per heavy atom. The van der Waals surface area contributed by atoms with Crippen molar-refractivity contribution in [2.24, 2.45) is 5.73 Å². The summed E-state index contributed by atoms with van der Waals surface area (Å²) >= 11 is 0. The Morgan fingerprint density at radius 1 is 1.50 bits per heavy atom. The minimum Gasteiger partial charge on any atom is -0.488 e. The van der Waals surface area contributed by atoms with Crippen molar-refractivity contribution in [1.82, 2.24) is 0 Å². The number of halogens is 2. The van der Waals surface area contributed by atoms with Gasteiger partial charge in [0.25, 0.3) is 0 Å². The normalized spacial score (nSPS) is 12.0. The molecule has 0 fully saturated rings. The molecule has 0 saturated carbocycles. The van der Waals surface area contributed by atoms with E-state index in [2.05, 4.69) is 4.74 Å². The van der Waals surface area contributed by atoms with Crippen molar-refractivity contribution in [3.8, 4) is 5.75 Å². The first-order valence-corrected chi connectivity index (χ1v) is 4.46. The van der Waals surface area contributed by atoms with Gasteiger partial charge >= 0.3 is 5.97 Å². The third kappa shape index (κ3) is 3.16. The quantitative estimate of drug-likeness (QED) is 0.780. The summed E-state index contributed by atoms with van der Waals surface area (Å²) in [5, 5.41) is 0. The van der Waals surface area contributed by atoms with E-state index in [1.165, 1.54) is 7.11 Å². The summed E-state index contributed by atoms with van der Waals surface area (Å²) in [4.78, 5) is 10.9. The van der Waals surface area contributed by atoms with Crippen LogP contribution in [0.5, 0.6) is 5.75 Å². The Hall–Kier alpha value is -1.69. The molecule has 0 radical (unpaired) electrons. The molecule has 1 atom stereocenters. The fourth-order valence-corrected chi connectivity index (χ4v) is 0.987. The molecule has 0 heterocycles. The highest BCUT2D eigenvalue weighted by Gasteiger charge is 2.15. The Kier molecular flexibility index (Phi) is 4.19. The zero-order valence-electron chi connectivity index (χ0n) is 8.57. The minimum absolute atomic E-state index is 0.285. The molecule has 0 amide bonds. The molecule has 16 heavy (non-hydrogen) atoms. The molecular formula is C10H11F2NO3. The summed E-state index contributed by atoms with van der Waals surface area (Å²) < 4.78 is 35.0. The predicted octanol–water partition coefficient (Wildman–Crippen LogP) is 0.844. The number of hydrogen-bond donors (Lipinski definition) is 1. The van der Waals surface area contributed by atoms with Gasteiger partial charge < -0.3 is 15.2 Å². The fraction of sp³-hybridized carbons (Fsp3) is 0.300. The van der Waals surface area contributed by atoms with Crippen LogP contribution in [0.15, 0.2) is 18.2 Å². The average molecular weight is 231 g/mol. The van der Waals surface area contributed by atoms with Gasteiger partial charge in [-0.3, -0.25) is 4.79 Å². The second-order valence-electron chi connectivity index (χ2n) is 3.02. The van der Waals surface area contributed by atoms with Gasteiger partial charge in [-0.05, 0) is 12.1 Å². The molecule has 2 N–H and O–H groups in total. The molecule has 1 unspecified atom stereocenters. The van der Waals surface area contributed by atoms with Crippen LogP contribution in [0.1, 0.15) is 0 Å². The SMILES string of the molecule is COC(=O)C(N)COc1cc(F)ccc1F. The van der Waals surface area contributed by atoms with E-state index in [-0.39, 0.29) is 12.4 Å². The molecule has 4 nitrogen and oxygen atoms in total. The maximum Gasteiger partial charge on any atom is 0.326 e. The third-order valence-corrected chi connectivity index (χ3v) is 1.82. The number of rotatable bonds is 4. The standard InChI is InChI=1S/C10H11F2NO3/c1-15-10(14)8(13)5-16-9-4-6(11)2-3-7(9)12/h2-4,8H,5,13H2,1H3. The van der Waals surface area contributed by atoms with Crippen molar-refractivity contribution in [2.75, 3.05) is 13.7 Å². The Labute approximate surface area is 91.0 Å². The van der Waals surface area contributed by atoms with E-state index in [0.29, 0.717) is 0 Å². The number of benzene rings is 1. The summed E-state index contributed by atoms with van der Waals surface area (Å²) in [7, 11) is 1.17. The molecule has 1 aromatic rings. The topological polar surface area (TPSA) is 61.5 Å². The maximum atomic E-state index is 13.1. The lowest BCUT2D eigenvalue weighted by Crippen LogP contribution is -2.37. The highest BCUT2D eigenvalue weighted by atomic mass is 19.1. The Bertz CT molecular complexity index is 384. The van der Waals surface area contributed by atoms with E-state index in [1.807, 2.05) is 0 Å². The summed E-state index contributed by atoms with van der Waals surface area (Å²) in [5.74, 6) is -2.34. The van der Waals surface area contributed by atoms with Gasteiger partial charge in [-0.1, -0.05) is 0 Å². The Morgan fingerprint density at radius 3 is 2.81 bits per heavy atom. The first kappa shape index (κ1) is 12.4. The van der Waals surface area contributed by atoms with Gasteiger partial charge in [0.1, 0.15) is 18.5 Å². The second kappa shape index (κ2) is 5.41. The number of methoxy groups -OCH3 is 1. The van der Waals surface area contributed by atoms with E-state index in [0.717, 1.165) is 18.2 Å². The number of carbonyl (C=O) groups is 1. The molecular weight excluding hydrogens is 220 g/mol. The van der Waals surface area contributed by atoms with E-state index in [9.17, 15) is 13.6 Å². The smallest absolute Gasteiger partial charge is 0.326 e. The molecule has 0 aliphatic heterocycles. The van der Waals surface area contributed by atoms with Gasteiger partial charge in [-0.15, -0.1) is 0 Å². The van der Waals surface area contributed by atoms with E-state index in [4.69, 9.17) is 10.5 Å². The highest BCUT2D eigenvalue weighted by Crippen LogP contribution is 2.17. The van der Waals surface area contributed by atoms with Crippen LogP contribution in [0, 0.1) is 11.6 Å². The van der Waals surface area contributed by atoms with Crippen molar-refractivity contribution in [1.29, 1.82) is 0 Å². The monoisotopic (exact) mass is 231 g/mol. The van der Waals surface area contributed by atoms with E-state index < -0.39 is 23.6 Å². The van der Waals surface area contributed by atoms with E-state index >= 15 is 0 Å². The summed E-state index contributed by atoms with van der Waals surface area (Å²) in [6, 6.07) is 1.73. The van der Waals surface area contributed by atoms with Crippen LogP contribution >= 0.6 is 0 Å². The molecule has 1 rings (SSSR count). The van der Waals surface area contributed by atoms with Gasteiger partial charge in [0.15, 0.2) is 11.6 Å². The van der Waals surface area contributed by atoms with Crippen LogP contribution in [-0.4, -0.2) is 25.7 Å². The molecule has 0 bridgehead atoms. The van der Waals surface area contributed by atoms with Crippen LogP contribution in [0.25, 0.3) is 0 Å². The molecule has 0 aliphatic carbocycles. The van der Waals surface area contributed by atoms with Gasteiger partial charge in [-0.25, -0.2) is 8.78 Å². The van der Waals surface area contributed by atoms with Crippen molar-refractivity contribution in [3.63, 3.8) is 0 Å². The molecule has 0 aliphatic rings. The second-order valence-corrected chi connectivity index (χ2v) is 3.02. The molecule has 0 aromatic heterocycles. The fourth-order valence-electron chi connectivity index (χ4n) is 0.987. The zero-order valence-corrected chi connectivity index (χ0v) is 8.57. The number of hydrogen-bond acceptors (Lipinski definition) is 4. The molecule has 6 heteroatoms. The van der Waals surface area contributed by atoms with Crippen molar-refractivity contribution in [2.45, 2.75) is 6.04 Å². The molecule has 1 aromatic carbocycles. The highest BCUT2D eigenvalue weighted by molar-refractivity contribution is 5.75. The first-order chi connectivity index (χ1) is 7.54. The Balaban J connectivity index is 2.60. The lowest BCUT2D eigenvalue weighted by atomic mass is 10.3. The number of carbonyl (C=O) groups excluding carboxylic acids is 1. The average Bonchev–Trinajstić information content (AvgIpc) is 2.28. The molecule has 0 saturated heterocycles. The lowest BCUT2D eigenvalue weighted by Gasteiger charge is -2.11. The third-order valence-electron chi connectivity index (χ3n) is 1.82. The van der Waals surface area contributed by atoms with Gasteiger partial charge in [0.05, 0.1) is 7.11 Å². The largest absolute Gasteiger partial charge is 0.488 e. The minimum atomic E-state index is -1.03. The summed E-state index contributed by atoms with van der Waals surface area (Å²) in [6.45, 7) is -0.285. The maximum absolute atomic E-state index is 13.1. The first-order valence-electron chi connectivity index (χ1n) is 4.46. The van der Waals surface area contributed by atoms with Crippen LogP contribution in [0.3, 0.4) is 0 Å². The van der Waals surface area contributed by atoms with Crippen LogP contribution in [0.4, 0.5) is 8.78 Å². The van der Waals surface area contributed by atoms with E-state index in [1.54, 1.807) is 0 Å². The summed E-state index contributed by atoms with van der Waals surface area (Å²) in [5.41, 5.74) is 5.35.